The van der Waals surface area contributed by atoms with Crippen molar-refractivity contribution >= 4 is 49.4 Å². The van der Waals surface area contributed by atoms with Gasteiger partial charge in [0.05, 0.1) is 5.41 Å². The summed E-state index contributed by atoms with van der Waals surface area (Å²) in [4.78, 5) is 2.43. The average Bonchev–Trinajstić information content (AvgIpc) is 3.50. The lowest BCUT2D eigenvalue weighted by Gasteiger charge is -2.29. The molecule has 2 unspecified atom stereocenters. The molecule has 0 aliphatic carbocycles. The summed E-state index contributed by atoms with van der Waals surface area (Å²) in [7, 11) is 4.49. The van der Waals surface area contributed by atoms with Crippen molar-refractivity contribution in [3.05, 3.63) is 192 Å². The van der Waals surface area contributed by atoms with E-state index in [0.29, 0.717) is 0 Å². The van der Waals surface area contributed by atoms with Crippen LogP contribution in [-0.4, -0.2) is 24.4 Å². The molecular formula is C49H43N2+. The van der Waals surface area contributed by atoms with Crippen LogP contribution in [0.1, 0.15) is 36.1 Å². The number of anilines is 1. The van der Waals surface area contributed by atoms with Crippen LogP contribution in [0.25, 0.3) is 32.3 Å². The highest BCUT2D eigenvalue weighted by atomic mass is 15.2. The Morgan fingerprint density at radius 1 is 0.569 bits per heavy atom. The maximum atomic E-state index is 2.45. The summed E-state index contributed by atoms with van der Waals surface area (Å²) < 4.78 is 2.43. The number of fused-ring (bicyclic) bond motifs is 7. The van der Waals surface area contributed by atoms with Crippen LogP contribution < -0.4 is 4.90 Å². The SMILES string of the molecule is CN1/C(=C/C=C/C2=[N+](C)c3ccc4ccccc4c3C2(C)Cc2ccc3ccccc3c2)C(C)(Cc2ccccc2)c2c1ccc1ccccc21. The molecule has 0 spiro atoms. The molecule has 2 atom stereocenters. The van der Waals surface area contributed by atoms with Crippen molar-refractivity contribution < 1.29 is 4.58 Å². The molecule has 9 rings (SSSR count). The molecule has 2 aliphatic rings. The summed E-state index contributed by atoms with van der Waals surface area (Å²) in [6.45, 7) is 4.89. The third-order valence-electron chi connectivity index (χ3n) is 11.8. The summed E-state index contributed by atoms with van der Waals surface area (Å²) >= 11 is 0. The van der Waals surface area contributed by atoms with Crippen LogP contribution in [0.15, 0.2) is 170 Å². The zero-order chi connectivity index (χ0) is 34.7. The molecule has 0 N–H and O–H groups in total. The van der Waals surface area contributed by atoms with Gasteiger partial charge >= 0.3 is 0 Å². The van der Waals surface area contributed by atoms with E-state index in [1.807, 2.05) is 0 Å². The number of allylic oxidation sites excluding steroid dienone is 4. The normalized spacial score (nSPS) is 20.7. The molecular weight excluding hydrogens is 617 g/mol. The number of benzene rings is 7. The Morgan fingerprint density at radius 2 is 1.16 bits per heavy atom. The molecule has 0 aromatic heterocycles. The Balaban J connectivity index is 1.18. The van der Waals surface area contributed by atoms with E-state index in [1.165, 1.54) is 77.4 Å². The van der Waals surface area contributed by atoms with E-state index in [0.717, 1.165) is 12.8 Å². The van der Waals surface area contributed by atoms with Gasteiger partial charge in [-0.3, -0.25) is 0 Å². The number of hydrogen-bond acceptors (Lipinski definition) is 1. The van der Waals surface area contributed by atoms with Gasteiger partial charge in [0.15, 0.2) is 5.71 Å². The smallest absolute Gasteiger partial charge is 0.210 e. The first-order valence-electron chi connectivity index (χ1n) is 18.1. The lowest BCUT2D eigenvalue weighted by atomic mass is 9.72. The molecule has 0 radical (unpaired) electrons. The zero-order valence-corrected chi connectivity index (χ0v) is 29.9. The van der Waals surface area contributed by atoms with Crippen molar-refractivity contribution in [2.75, 3.05) is 19.0 Å². The molecule has 2 heterocycles. The van der Waals surface area contributed by atoms with Gasteiger partial charge in [-0.2, -0.15) is 4.58 Å². The van der Waals surface area contributed by atoms with Crippen LogP contribution in [0.2, 0.25) is 0 Å². The maximum absolute atomic E-state index is 2.45. The molecule has 248 valence electrons. The minimum atomic E-state index is -0.240. The van der Waals surface area contributed by atoms with E-state index in [1.54, 1.807) is 0 Å². The molecule has 0 bridgehead atoms. The van der Waals surface area contributed by atoms with Crippen molar-refractivity contribution in [1.29, 1.82) is 0 Å². The molecule has 0 saturated heterocycles. The predicted octanol–water partition coefficient (Wildman–Crippen LogP) is 11.5. The highest BCUT2D eigenvalue weighted by Gasteiger charge is 2.48. The van der Waals surface area contributed by atoms with Gasteiger partial charge in [0.1, 0.15) is 7.05 Å². The van der Waals surface area contributed by atoms with Crippen molar-refractivity contribution in [2.45, 2.75) is 37.5 Å². The Labute approximate surface area is 301 Å². The van der Waals surface area contributed by atoms with Gasteiger partial charge in [0.2, 0.25) is 5.69 Å². The average molecular weight is 660 g/mol. The van der Waals surface area contributed by atoms with Crippen LogP contribution in [-0.2, 0) is 23.7 Å². The van der Waals surface area contributed by atoms with Crippen LogP contribution in [0.3, 0.4) is 0 Å². The Morgan fingerprint density at radius 3 is 1.90 bits per heavy atom. The minimum Gasteiger partial charge on any atom is -0.347 e. The molecule has 2 nitrogen and oxygen atoms in total. The van der Waals surface area contributed by atoms with Gasteiger partial charge < -0.3 is 4.90 Å². The molecule has 0 fully saturated rings. The van der Waals surface area contributed by atoms with Gasteiger partial charge in [-0.1, -0.05) is 133 Å². The van der Waals surface area contributed by atoms with Crippen LogP contribution in [0, 0.1) is 0 Å². The lowest BCUT2D eigenvalue weighted by Crippen LogP contribution is -2.33. The quantitative estimate of drug-likeness (QED) is 0.161. The molecule has 7 aromatic carbocycles. The molecule has 7 aromatic rings. The molecule has 0 saturated carbocycles. The molecule has 51 heavy (non-hydrogen) atoms. The number of nitrogens with zero attached hydrogens (tertiary/aromatic N) is 2. The third-order valence-corrected chi connectivity index (χ3v) is 11.8. The zero-order valence-electron chi connectivity index (χ0n) is 29.9. The fourth-order valence-corrected chi connectivity index (χ4v) is 9.44. The second kappa shape index (κ2) is 12.0. The fraction of sp³-hybridized carbons (Fsp3) is 0.163. The Bertz CT molecular complexity index is 2590. The summed E-state index contributed by atoms with van der Waals surface area (Å²) in [6, 6.07) is 53.6. The van der Waals surface area contributed by atoms with Gasteiger partial charge in [-0.25, -0.2) is 0 Å². The molecule has 2 aliphatic heterocycles. The first kappa shape index (κ1) is 31.3. The standard InChI is InChI=1S/C49H43N2/c1-48(32-34-15-6-5-7-16-34)44(50(3)42-29-27-37-18-10-12-21-40(37)46(42)48)23-14-24-45-49(2,33-35-25-26-36-17-8-9-20-39(36)31-35)47-41-22-13-11-19-38(41)28-30-43(47)51(45)4/h5-31H,32-33H2,1-4H3/q+1. The number of rotatable bonds is 6. The van der Waals surface area contributed by atoms with E-state index < -0.39 is 0 Å². The van der Waals surface area contributed by atoms with Crippen molar-refractivity contribution in [3.8, 4) is 0 Å². The van der Waals surface area contributed by atoms with Gasteiger partial charge in [-0.15, -0.1) is 0 Å². The van der Waals surface area contributed by atoms with Gasteiger partial charge in [-0.05, 0) is 93.9 Å². The van der Waals surface area contributed by atoms with E-state index in [4.69, 9.17) is 0 Å². The summed E-state index contributed by atoms with van der Waals surface area (Å²) in [5.74, 6) is 0. The second-order valence-corrected chi connectivity index (χ2v) is 15.0. The maximum Gasteiger partial charge on any atom is 0.210 e. The third kappa shape index (κ3) is 4.96. The van der Waals surface area contributed by atoms with Crippen molar-refractivity contribution in [3.63, 3.8) is 0 Å². The summed E-state index contributed by atoms with van der Waals surface area (Å²) in [5.41, 5.74) is 10.3. The number of likely N-dealkylation sites (N-methyl/N-ethyl adjacent to an activating group) is 1. The monoisotopic (exact) mass is 659 g/mol. The van der Waals surface area contributed by atoms with E-state index in [-0.39, 0.29) is 10.8 Å². The predicted molar refractivity (Wildman–Crippen MR) is 217 cm³/mol. The minimum absolute atomic E-state index is 0.212. The van der Waals surface area contributed by atoms with E-state index in [2.05, 4.69) is 201 Å². The summed E-state index contributed by atoms with van der Waals surface area (Å²) in [6.07, 6.45) is 8.92. The number of hydrogen-bond donors (Lipinski definition) is 0. The first-order chi connectivity index (χ1) is 24.8. The van der Waals surface area contributed by atoms with Crippen molar-refractivity contribution in [1.82, 2.24) is 0 Å². The van der Waals surface area contributed by atoms with Crippen LogP contribution in [0.5, 0.6) is 0 Å². The summed E-state index contributed by atoms with van der Waals surface area (Å²) in [5, 5.41) is 7.82. The topological polar surface area (TPSA) is 6.25 Å². The molecule has 2 heteroatoms. The highest BCUT2D eigenvalue weighted by molar-refractivity contribution is 6.08. The van der Waals surface area contributed by atoms with Gasteiger partial charge in [0, 0.05) is 41.6 Å². The molecule has 0 amide bonds. The highest BCUT2D eigenvalue weighted by Crippen LogP contribution is 2.52. The van der Waals surface area contributed by atoms with E-state index in [9.17, 15) is 0 Å². The second-order valence-electron chi connectivity index (χ2n) is 15.0. The fourth-order valence-electron chi connectivity index (χ4n) is 9.44. The van der Waals surface area contributed by atoms with Crippen LogP contribution >= 0.6 is 0 Å². The Hall–Kier alpha value is -5.73. The van der Waals surface area contributed by atoms with Gasteiger partial charge in [0.25, 0.3) is 0 Å². The van der Waals surface area contributed by atoms with E-state index >= 15 is 0 Å². The Kier molecular flexibility index (Phi) is 7.33. The first-order valence-corrected chi connectivity index (χ1v) is 18.1. The largest absolute Gasteiger partial charge is 0.347 e. The van der Waals surface area contributed by atoms with Crippen molar-refractivity contribution in [2.24, 2.45) is 0 Å². The van der Waals surface area contributed by atoms with Crippen LogP contribution in [0.4, 0.5) is 11.4 Å². The lowest BCUT2D eigenvalue weighted by molar-refractivity contribution is -0.401.